The minimum absolute atomic E-state index is 0.0462. The minimum atomic E-state index is -2.68. The molecular weight excluding hydrogens is 309 g/mol. The summed E-state index contributed by atoms with van der Waals surface area (Å²) in [6.07, 6.45) is -2.26. The second-order valence-corrected chi connectivity index (χ2v) is 4.69. The van der Waals surface area contributed by atoms with Gasteiger partial charge in [0.05, 0.1) is 6.33 Å². The number of ether oxygens (including phenoxy) is 1. The predicted molar refractivity (Wildman–Crippen MR) is 79.8 cm³/mol. The summed E-state index contributed by atoms with van der Waals surface area (Å²) < 4.78 is 44.7. The second-order valence-electron chi connectivity index (χ2n) is 4.69. The van der Waals surface area contributed by atoms with Crippen LogP contribution in [0, 0.1) is 0 Å². The third-order valence-corrected chi connectivity index (χ3v) is 3.15. The summed E-state index contributed by atoms with van der Waals surface area (Å²) in [4.78, 5) is 3.87. The topological polar surface area (TPSA) is 66.0 Å². The zero-order valence-electron chi connectivity index (χ0n) is 12.5. The summed E-state index contributed by atoms with van der Waals surface area (Å²) in [5, 5.41) is 4.06. The maximum atomic E-state index is 12.9. The van der Waals surface area contributed by atoms with Crippen molar-refractivity contribution in [2.24, 2.45) is 5.73 Å². The van der Waals surface area contributed by atoms with Crippen molar-refractivity contribution < 1.29 is 17.9 Å². The Hall–Kier alpha value is -2.35. The summed E-state index contributed by atoms with van der Waals surface area (Å²) >= 11 is 0. The van der Waals surface area contributed by atoms with Crippen molar-refractivity contribution >= 4 is 0 Å². The SMILES string of the molecule is CCn1nc(-c2ccc(OC/C(=C\F)CN)cc2)nc1C(F)F. The van der Waals surface area contributed by atoms with E-state index in [9.17, 15) is 13.2 Å². The van der Waals surface area contributed by atoms with Gasteiger partial charge in [-0.2, -0.15) is 5.10 Å². The molecule has 2 rings (SSSR count). The molecule has 0 atom stereocenters. The Balaban J connectivity index is 2.13. The van der Waals surface area contributed by atoms with Crippen molar-refractivity contribution in [3.8, 4) is 17.1 Å². The van der Waals surface area contributed by atoms with Gasteiger partial charge in [-0.15, -0.1) is 0 Å². The monoisotopic (exact) mass is 326 g/mol. The number of benzene rings is 1. The van der Waals surface area contributed by atoms with E-state index < -0.39 is 6.43 Å². The average Bonchev–Trinajstić information content (AvgIpc) is 3.01. The van der Waals surface area contributed by atoms with Crippen LogP contribution in [-0.2, 0) is 6.54 Å². The smallest absolute Gasteiger partial charge is 0.297 e. The number of aryl methyl sites for hydroxylation is 1. The quantitative estimate of drug-likeness (QED) is 0.849. The maximum absolute atomic E-state index is 12.9. The van der Waals surface area contributed by atoms with E-state index in [4.69, 9.17) is 10.5 Å². The molecule has 0 aliphatic heterocycles. The molecule has 0 saturated carbocycles. The predicted octanol–water partition coefficient (Wildman–Crippen LogP) is 3.09. The molecular formula is C15H17F3N4O. The van der Waals surface area contributed by atoms with Crippen LogP contribution >= 0.6 is 0 Å². The Bertz CT molecular complexity index is 668. The number of hydrogen-bond donors (Lipinski definition) is 1. The first-order chi connectivity index (χ1) is 11.1. The van der Waals surface area contributed by atoms with Gasteiger partial charge in [0.25, 0.3) is 6.43 Å². The zero-order valence-corrected chi connectivity index (χ0v) is 12.5. The Morgan fingerprint density at radius 1 is 1.35 bits per heavy atom. The molecule has 0 bridgehead atoms. The lowest BCUT2D eigenvalue weighted by molar-refractivity contribution is 0.134. The molecule has 5 nitrogen and oxygen atoms in total. The van der Waals surface area contributed by atoms with Crippen LogP contribution in [0.4, 0.5) is 13.2 Å². The van der Waals surface area contributed by atoms with Crippen molar-refractivity contribution in [2.45, 2.75) is 19.9 Å². The van der Waals surface area contributed by atoms with Gasteiger partial charge in [-0.1, -0.05) is 0 Å². The van der Waals surface area contributed by atoms with Gasteiger partial charge in [-0.25, -0.2) is 22.8 Å². The number of rotatable bonds is 7. The van der Waals surface area contributed by atoms with Crippen molar-refractivity contribution in [1.82, 2.24) is 14.8 Å². The number of hydrogen-bond acceptors (Lipinski definition) is 4. The van der Waals surface area contributed by atoms with E-state index in [1.807, 2.05) is 0 Å². The normalized spacial score (nSPS) is 12.0. The lowest BCUT2D eigenvalue weighted by Gasteiger charge is -2.07. The molecule has 1 aromatic carbocycles. The van der Waals surface area contributed by atoms with Crippen molar-refractivity contribution in [2.75, 3.05) is 13.2 Å². The zero-order chi connectivity index (χ0) is 16.8. The molecule has 124 valence electrons. The fraction of sp³-hybridized carbons (Fsp3) is 0.333. The Kier molecular flexibility index (Phi) is 5.75. The van der Waals surface area contributed by atoms with Crippen LogP contribution < -0.4 is 10.5 Å². The molecule has 0 aliphatic carbocycles. The highest BCUT2D eigenvalue weighted by Gasteiger charge is 2.18. The molecule has 0 saturated heterocycles. The number of aromatic nitrogens is 3. The van der Waals surface area contributed by atoms with E-state index in [0.29, 0.717) is 29.8 Å². The molecule has 8 heteroatoms. The van der Waals surface area contributed by atoms with E-state index in [2.05, 4.69) is 10.1 Å². The second kappa shape index (κ2) is 7.77. The molecule has 2 aromatic rings. The standard InChI is InChI=1S/C15H17F3N4O/c1-2-22-15(13(17)18)20-14(21-22)11-3-5-12(6-4-11)23-9-10(7-16)8-19/h3-7,13H,2,8-9,19H2,1H3/b10-7-. The van der Waals surface area contributed by atoms with E-state index in [1.54, 1.807) is 31.2 Å². The van der Waals surface area contributed by atoms with Crippen LogP contribution in [0.15, 0.2) is 36.2 Å². The van der Waals surface area contributed by atoms with Crippen LogP contribution in [0.5, 0.6) is 5.75 Å². The van der Waals surface area contributed by atoms with Gasteiger partial charge < -0.3 is 10.5 Å². The van der Waals surface area contributed by atoms with Gasteiger partial charge in [-0.05, 0) is 31.2 Å². The number of nitrogens with two attached hydrogens (primary N) is 1. The van der Waals surface area contributed by atoms with E-state index in [1.165, 1.54) is 4.68 Å². The van der Waals surface area contributed by atoms with E-state index in [0.717, 1.165) is 0 Å². The summed E-state index contributed by atoms with van der Waals surface area (Å²) in [7, 11) is 0. The summed E-state index contributed by atoms with van der Waals surface area (Å²) in [5.74, 6) is 0.369. The highest BCUT2D eigenvalue weighted by atomic mass is 19.3. The number of nitrogens with zero attached hydrogens (tertiary/aromatic N) is 3. The third kappa shape index (κ3) is 4.10. The lowest BCUT2D eigenvalue weighted by Crippen LogP contribution is -2.10. The molecule has 0 amide bonds. The van der Waals surface area contributed by atoms with Crippen LogP contribution in [0.3, 0.4) is 0 Å². The van der Waals surface area contributed by atoms with Crippen molar-refractivity contribution in [3.05, 3.63) is 42.0 Å². The minimum Gasteiger partial charge on any atom is -0.489 e. The summed E-state index contributed by atoms with van der Waals surface area (Å²) in [5.41, 5.74) is 6.25. The molecule has 0 fully saturated rings. The lowest BCUT2D eigenvalue weighted by atomic mass is 10.2. The Morgan fingerprint density at radius 3 is 2.52 bits per heavy atom. The average molecular weight is 326 g/mol. The fourth-order valence-electron chi connectivity index (χ4n) is 1.88. The first-order valence-corrected chi connectivity index (χ1v) is 7.03. The summed E-state index contributed by atoms with van der Waals surface area (Å²) in [6, 6.07) is 6.58. The van der Waals surface area contributed by atoms with Gasteiger partial charge in [0.15, 0.2) is 11.6 Å². The van der Waals surface area contributed by atoms with Crippen LogP contribution in [0.2, 0.25) is 0 Å². The highest BCUT2D eigenvalue weighted by molar-refractivity contribution is 5.56. The highest BCUT2D eigenvalue weighted by Crippen LogP contribution is 2.23. The van der Waals surface area contributed by atoms with Gasteiger partial charge >= 0.3 is 0 Å². The first-order valence-electron chi connectivity index (χ1n) is 7.03. The molecule has 0 radical (unpaired) electrons. The van der Waals surface area contributed by atoms with Crippen molar-refractivity contribution in [3.63, 3.8) is 0 Å². The molecule has 1 heterocycles. The molecule has 0 unspecified atom stereocenters. The van der Waals surface area contributed by atoms with Crippen molar-refractivity contribution in [1.29, 1.82) is 0 Å². The van der Waals surface area contributed by atoms with Gasteiger partial charge in [-0.3, -0.25) is 0 Å². The van der Waals surface area contributed by atoms with Crippen LogP contribution in [0.1, 0.15) is 19.2 Å². The number of alkyl halides is 2. The van der Waals surface area contributed by atoms with Crippen LogP contribution in [-0.4, -0.2) is 27.9 Å². The maximum Gasteiger partial charge on any atom is 0.297 e. The molecule has 0 spiro atoms. The largest absolute Gasteiger partial charge is 0.489 e. The Morgan fingerprint density at radius 2 is 2.04 bits per heavy atom. The fourth-order valence-corrected chi connectivity index (χ4v) is 1.88. The number of halogens is 3. The molecule has 1 aromatic heterocycles. The van der Waals surface area contributed by atoms with Crippen LogP contribution in [0.25, 0.3) is 11.4 Å². The van der Waals surface area contributed by atoms with E-state index in [-0.39, 0.29) is 24.8 Å². The Labute approximate surface area is 131 Å². The van der Waals surface area contributed by atoms with Gasteiger partial charge in [0.1, 0.15) is 12.4 Å². The molecule has 0 aliphatic rings. The first kappa shape index (κ1) is 17.0. The third-order valence-electron chi connectivity index (χ3n) is 3.15. The summed E-state index contributed by atoms with van der Waals surface area (Å²) in [6.45, 7) is 2.15. The molecule has 2 N–H and O–H groups in total. The molecule has 23 heavy (non-hydrogen) atoms. The van der Waals surface area contributed by atoms with E-state index >= 15 is 0 Å². The van der Waals surface area contributed by atoms with Gasteiger partial charge in [0, 0.05) is 24.2 Å². The van der Waals surface area contributed by atoms with Gasteiger partial charge in [0.2, 0.25) is 0 Å².